The first-order valence-corrected chi connectivity index (χ1v) is 6.09. The maximum absolute atomic E-state index is 5.59. The lowest BCUT2D eigenvalue weighted by molar-refractivity contribution is 0.288. The largest absolute Gasteiger partial charge is 0.329 e. The molecule has 0 saturated heterocycles. The zero-order valence-corrected chi connectivity index (χ0v) is 10.3. The van der Waals surface area contributed by atoms with Gasteiger partial charge in [-0.1, -0.05) is 25.1 Å². The van der Waals surface area contributed by atoms with Crippen molar-refractivity contribution in [2.75, 3.05) is 19.6 Å². The van der Waals surface area contributed by atoms with Crippen molar-refractivity contribution in [1.29, 1.82) is 0 Å². The van der Waals surface area contributed by atoms with Crippen molar-refractivity contribution in [2.24, 2.45) is 5.73 Å². The molecule has 0 fully saturated rings. The molecule has 0 unspecified atom stereocenters. The minimum atomic E-state index is 0.703. The van der Waals surface area contributed by atoms with Gasteiger partial charge < -0.3 is 5.73 Å². The summed E-state index contributed by atoms with van der Waals surface area (Å²) in [4.78, 5) is 6.80. The molecule has 90 valence electrons. The Labute approximate surface area is 102 Å². The first-order valence-electron chi connectivity index (χ1n) is 6.09. The third-order valence-electron chi connectivity index (χ3n) is 2.95. The molecular weight excluding hydrogens is 210 g/mol. The Hall–Kier alpha value is -1.45. The number of para-hydroxylation sites is 1. The lowest BCUT2D eigenvalue weighted by Crippen LogP contribution is -2.28. The average Bonchev–Trinajstić information content (AvgIpc) is 2.38. The molecular formula is C14H19N3. The van der Waals surface area contributed by atoms with E-state index in [1.165, 1.54) is 10.9 Å². The Morgan fingerprint density at radius 1 is 1.29 bits per heavy atom. The number of hydrogen-bond acceptors (Lipinski definition) is 3. The number of aromatic nitrogens is 1. The maximum atomic E-state index is 5.59. The van der Waals surface area contributed by atoms with Crippen LogP contribution in [0.1, 0.15) is 12.5 Å². The van der Waals surface area contributed by atoms with Crippen molar-refractivity contribution in [3.8, 4) is 0 Å². The summed E-state index contributed by atoms with van der Waals surface area (Å²) in [6, 6.07) is 10.4. The number of pyridine rings is 1. The predicted octanol–water partition coefficient (Wildman–Crippen LogP) is 2.02. The minimum Gasteiger partial charge on any atom is -0.329 e. The molecule has 0 aliphatic carbocycles. The molecule has 3 nitrogen and oxygen atoms in total. The van der Waals surface area contributed by atoms with Crippen molar-refractivity contribution in [2.45, 2.75) is 13.5 Å². The van der Waals surface area contributed by atoms with E-state index in [0.29, 0.717) is 6.54 Å². The number of hydrogen-bond donors (Lipinski definition) is 1. The first-order chi connectivity index (χ1) is 8.33. The molecule has 1 aromatic carbocycles. The second kappa shape index (κ2) is 5.75. The van der Waals surface area contributed by atoms with E-state index in [4.69, 9.17) is 5.73 Å². The van der Waals surface area contributed by atoms with Crippen molar-refractivity contribution in [3.05, 3.63) is 42.1 Å². The van der Waals surface area contributed by atoms with Gasteiger partial charge in [0.05, 0.1) is 5.52 Å². The summed E-state index contributed by atoms with van der Waals surface area (Å²) in [6.45, 7) is 5.73. The number of rotatable bonds is 5. The molecule has 0 atom stereocenters. The SMILES string of the molecule is CCN(CCN)Cc1cnc2ccccc2c1. The highest BCUT2D eigenvalue weighted by Crippen LogP contribution is 2.13. The standard InChI is InChI=1S/C14H19N3/c1-2-17(8-7-15)11-12-9-13-5-3-4-6-14(13)16-10-12/h3-6,9-10H,2,7-8,11,15H2,1H3. The zero-order chi connectivity index (χ0) is 12.1. The lowest BCUT2D eigenvalue weighted by atomic mass is 10.1. The van der Waals surface area contributed by atoms with Crippen LogP contribution in [0.3, 0.4) is 0 Å². The summed E-state index contributed by atoms with van der Waals surface area (Å²) >= 11 is 0. The Morgan fingerprint density at radius 3 is 2.88 bits per heavy atom. The normalized spacial score (nSPS) is 11.2. The van der Waals surface area contributed by atoms with Crippen molar-refractivity contribution < 1.29 is 0 Å². The molecule has 1 heterocycles. The molecule has 3 heteroatoms. The fourth-order valence-electron chi connectivity index (χ4n) is 1.99. The molecule has 0 aliphatic rings. The van der Waals surface area contributed by atoms with E-state index >= 15 is 0 Å². The monoisotopic (exact) mass is 229 g/mol. The van der Waals surface area contributed by atoms with Gasteiger partial charge in [-0.15, -0.1) is 0 Å². The highest BCUT2D eigenvalue weighted by Gasteiger charge is 2.03. The summed E-state index contributed by atoms with van der Waals surface area (Å²) < 4.78 is 0. The van der Waals surface area contributed by atoms with Crippen LogP contribution in [0.2, 0.25) is 0 Å². The Kier molecular flexibility index (Phi) is 4.07. The summed E-state index contributed by atoms with van der Waals surface area (Å²) in [5.41, 5.74) is 7.89. The third-order valence-corrected chi connectivity index (χ3v) is 2.95. The molecule has 17 heavy (non-hydrogen) atoms. The van der Waals surface area contributed by atoms with E-state index in [2.05, 4.69) is 28.9 Å². The highest BCUT2D eigenvalue weighted by atomic mass is 15.1. The Bertz CT molecular complexity index is 482. The van der Waals surface area contributed by atoms with Gasteiger partial charge in [-0.25, -0.2) is 0 Å². The molecule has 2 aromatic rings. The minimum absolute atomic E-state index is 0.703. The summed E-state index contributed by atoms with van der Waals surface area (Å²) in [6.07, 6.45) is 1.96. The molecule has 0 bridgehead atoms. The molecule has 0 aliphatic heterocycles. The fraction of sp³-hybridized carbons (Fsp3) is 0.357. The number of fused-ring (bicyclic) bond motifs is 1. The Balaban J connectivity index is 2.18. The van der Waals surface area contributed by atoms with Crippen LogP contribution in [0.25, 0.3) is 10.9 Å². The molecule has 2 N–H and O–H groups in total. The van der Waals surface area contributed by atoms with Gasteiger partial charge in [-0.3, -0.25) is 9.88 Å². The molecule has 0 saturated carbocycles. The van der Waals surface area contributed by atoms with Gasteiger partial charge in [0.1, 0.15) is 0 Å². The van der Waals surface area contributed by atoms with Gasteiger partial charge in [-0.05, 0) is 24.2 Å². The van der Waals surface area contributed by atoms with Crippen LogP contribution in [0.5, 0.6) is 0 Å². The van der Waals surface area contributed by atoms with Crippen LogP contribution in [0, 0.1) is 0 Å². The van der Waals surface area contributed by atoms with Crippen LogP contribution in [-0.4, -0.2) is 29.5 Å². The molecule has 0 spiro atoms. The number of nitrogens with zero attached hydrogens (tertiary/aromatic N) is 2. The van der Waals surface area contributed by atoms with E-state index in [1.807, 2.05) is 24.4 Å². The summed E-state index contributed by atoms with van der Waals surface area (Å²) in [5.74, 6) is 0. The second-order valence-corrected chi connectivity index (χ2v) is 4.19. The number of benzene rings is 1. The average molecular weight is 229 g/mol. The molecule has 1 aromatic heterocycles. The second-order valence-electron chi connectivity index (χ2n) is 4.19. The predicted molar refractivity (Wildman–Crippen MR) is 71.7 cm³/mol. The quantitative estimate of drug-likeness (QED) is 0.853. The third kappa shape index (κ3) is 3.02. The van der Waals surface area contributed by atoms with E-state index < -0.39 is 0 Å². The van der Waals surface area contributed by atoms with Gasteiger partial charge in [0.2, 0.25) is 0 Å². The molecule has 0 radical (unpaired) electrons. The van der Waals surface area contributed by atoms with Crippen LogP contribution in [0.4, 0.5) is 0 Å². The van der Waals surface area contributed by atoms with Crippen LogP contribution >= 0.6 is 0 Å². The van der Waals surface area contributed by atoms with Gasteiger partial charge >= 0.3 is 0 Å². The van der Waals surface area contributed by atoms with Gasteiger partial charge in [-0.2, -0.15) is 0 Å². The lowest BCUT2D eigenvalue weighted by Gasteiger charge is -2.19. The fourth-order valence-corrected chi connectivity index (χ4v) is 1.99. The smallest absolute Gasteiger partial charge is 0.0702 e. The highest BCUT2D eigenvalue weighted by molar-refractivity contribution is 5.78. The van der Waals surface area contributed by atoms with Crippen LogP contribution < -0.4 is 5.73 Å². The van der Waals surface area contributed by atoms with Gasteiger partial charge in [0.25, 0.3) is 0 Å². The van der Waals surface area contributed by atoms with E-state index in [1.54, 1.807) is 0 Å². The zero-order valence-electron chi connectivity index (χ0n) is 10.3. The molecule has 2 rings (SSSR count). The number of likely N-dealkylation sites (N-methyl/N-ethyl adjacent to an activating group) is 1. The van der Waals surface area contributed by atoms with Crippen LogP contribution in [0.15, 0.2) is 36.5 Å². The van der Waals surface area contributed by atoms with E-state index in [9.17, 15) is 0 Å². The van der Waals surface area contributed by atoms with Crippen molar-refractivity contribution >= 4 is 10.9 Å². The van der Waals surface area contributed by atoms with Gasteiger partial charge in [0, 0.05) is 31.2 Å². The van der Waals surface area contributed by atoms with Gasteiger partial charge in [0.15, 0.2) is 0 Å². The topological polar surface area (TPSA) is 42.1 Å². The number of nitrogens with two attached hydrogens (primary N) is 1. The Morgan fingerprint density at radius 2 is 2.12 bits per heavy atom. The van der Waals surface area contributed by atoms with Crippen molar-refractivity contribution in [1.82, 2.24) is 9.88 Å². The summed E-state index contributed by atoms with van der Waals surface area (Å²) in [7, 11) is 0. The molecule has 0 amide bonds. The summed E-state index contributed by atoms with van der Waals surface area (Å²) in [5, 5.41) is 1.20. The van der Waals surface area contributed by atoms with Crippen LogP contribution in [-0.2, 0) is 6.54 Å². The van der Waals surface area contributed by atoms with E-state index in [-0.39, 0.29) is 0 Å². The first kappa shape index (κ1) is 12.0. The van der Waals surface area contributed by atoms with Crippen molar-refractivity contribution in [3.63, 3.8) is 0 Å². The maximum Gasteiger partial charge on any atom is 0.0702 e. The van der Waals surface area contributed by atoms with E-state index in [0.717, 1.165) is 25.2 Å².